The third kappa shape index (κ3) is 2.48. The van der Waals surface area contributed by atoms with E-state index in [4.69, 9.17) is 0 Å². The van der Waals surface area contributed by atoms with E-state index in [1.165, 1.54) is 17.5 Å². The number of hydrogen-bond donors (Lipinski definition) is 1. The Morgan fingerprint density at radius 2 is 2.00 bits per heavy atom. The Hall–Kier alpha value is -1.83. The standard InChI is InChI=1S/C17H18FN/c1-12-9-10-14(11-16(12)18)19-17-8-4-6-13-5-2-3-7-15(13)17/h2-3,5,7,9-11,17,19H,4,6,8H2,1H3. The van der Waals surface area contributed by atoms with E-state index in [2.05, 4.69) is 29.6 Å². The first kappa shape index (κ1) is 12.2. The van der Waals surface area contributed by atoms with Crippen molar-refractivity contribution in [1.82, 2.24) is 0 Å². The molecule has 2 aromatic carbocycles. The van der Waals surface area contributed by atoms with Crippen LogP contribution in [0.1, 0.15) is 35.6 Å². The first-order valence-electron chi connectivity index (χ1n) is 6.84. The molecule has 19 heavy (non-hydrogen) atoms. The van der Waals surface area contributed by atoms with Gasteiger partial charge in [-0.15, -0.1) is 0 Å². The molecule has 1 unspecified atom stereocenters. The number of anilines is 1. The molecule has 0 saturated heterocycles. The summed E-state index contributed by atoms with van der Waals surface area (Å²) in [5, 5.41) is 3.47. The molecule has 98 valence electrons. The second kappa shape index (κ2) is 5.04. The van der Waals surface area contributed by atoms with E-state index < -0.39 is 0 Å². The molecular weight excluding hydrogens is 237 g/mol. The first-order valence-corrected chi connectivity index (χ1v) is 6.84. The number of rotatable bonds is 2. The summed E-state index contributed by atoms with van der Waals surface area (Å²) in [5.74, 6) is -0.144. The van der Waals surface area contributed by atoms with E-state index in [-0.39, 0.29) is 5.82 Å². The summed E-state index contributed by atoms with van der Waals surface area (Å²) in [6.45, 7) is 1.79. The molecule has 2 aromatic rings. The number of halogens is 1. The van der Waals surface area contributed by atoms with E-state index in [9.17, 15) is 4.39 Å². The SMILES string of the molecule is Cc1ccc(NC2CCCc3ccccc32)cc1F. The molecule has 1 nitrogen and oxygen atoms in total. The second-order valence-corrected chi connectivity index (χ2v) is 5.25. The van der Waals surface area contributed by atoms with Crippen LogP contribution in [0.3, 0.4) is 0 Å². The highest BCUT2D eigenvalue weighted by atomic mass is 19.1. The largest absolute Gasteiger partial charge is 0.378 e. The normalized spacial score (nSPS) is 17.9. The maximum Gasteiger partial charge on any atom is 0.128 e. The lowest BCUT2D eigenvalue weighted by Gasteiger charge is -2.27. The predicted molar refractivity (Wildman–Crippen MR) is 76.9 cm³/mol. The van der Waals surface area contributed by atoms with E-state index in [0.29, 0.717) is 11.6 Å². The van der Waals surface area contributed by atoms with Gasteiger partial charge in [-0.05, 0) is 55.0 Å². The molecule has 1 atom stereocenters. The zero-order valence-corrected chi connectivity index (χ0v) is 11.1. The molecule has 0 aromatic heterocycles. The molecule has 0 aliphatic heterocycles. The summed E-state index contributed by atoms with van der Waals surface area (Å²) < 4.78 is 13.6. The lowest BCUT2D eigenvalue weighted by Crippen LogP contribution is -2.17. The smallest absolute Gasteiger partial charge is 0.128 e. The Morgan fingerprint density at radius 1 is 1.16 bits per heavy atom. The van der Waals surface area contributed by atoms with E-state index in [1.54, 1.807) is 13.0 Å². The van der Waals surface area contributed by atoms with Crippen LogP contribution in [-0.4, -0.2) is 0 Å². The average molecular weight is 255 g/mol. The third-order valence-electron chi connectivity index (χ3n) is 3.88. The Bertz CT molecular complexity index is 592. The highest BCUT2D eigenvalue weighted by molar-refractivity contribution is 5.48. The third-order valence-corrected chi connectivity index (χ3v) is 3.88. The van der Waals surface area contributed by atoms with Crippen molar-refractivity contribution in [3.8, 4) is 0 Å². The predicted octanol–water partition coefficient (Wildman–Crippen LogP) is 4.62. The molecule has 1 aliphatic carbocycles. The first-order chi connectivity index (χ1) is 9.24. The molecule has 0 amide bonds. The van der Waals surface area contributed by atoms with Crippen molar-refractivity contribution in [2.75, 3.05) is 5.32 Å². The lowest BCUT2D eigenvalue weighted by molar-refractivity contribution is 0.596. The fourth-order valence-electron chi connectivity index (χ4n) is 2.79. The number of hydrogen-bond acceptors (Lipinski definition) is 1. The quantitative estimate of drug-likeness (QED) is 0.825. The number of aryl methyl sites for hydroxylation is 2. The summed E-state index contributed by atoms with van der Waals surface area (Å²) >= 11 is 0. The fraction of sp³-hybridized carbons (Fsp3) is 0.294. The summed E-state index contributed by atoms with van der Waals surface area (Å²) in [4.78, 5) is 0. The van der Waals surface area contributed by atoms with Crippen molar-refractivity contribution >= 4 is 5.69 Å². The highest BCUT2D eigenvalue weighted by Gasteiger charge is 2.19. The molecule has 3 rings (SSSR count). The molecular formula is C17H18FN. The summed E-state index contributed by atoms with van der Waals surface area (Å²) in [6, 6.07) is 14.2. The molecule has 0 bridgehead atoms. The van der Waals surface area contributed by atoms with Gasteiger partial charge in [-0.25, -0.2) is 4.39 Å². The van der Waals surface area contributed by atoms with Crippen molar-refractivity contribution in [3.63, 3.8) is 0 Å². The molecule has 0 heterocycles. The lowest BCUT2D eigenvalue weighted by atomic mass is 9.87. The monoisotopic (exact) mass is 255 g/mol. The molecule has 2 heteroatoms. The van der Waals surface area contributed by atoms with Gasteiger partial charge in [-0.1, -0.05) is 30.3 Å². The van der Waals surface area contributed by atoms with E-state index >= 15 is 0 Å². The van der Waals surface area contributed by atoms with E-state index in [0.717, 1.165) is 18.5 Å². The second-order valence-electron chi connectivity index (χ2n) is 5.25. The summed E-state index contributed by atoms with van der Waals surface area (Å²) in [7, 11) is 0. The Morgan fingerprint density at radius 3 is 2.84 bits per heavy atom. The van der Waals surface area contributed by atoms with Crippen LogP contribution in [0.4, 0.5) is 10.1 Å². The Kier molecular flexibility index (Phi) is 3.24. The number of fused-ring (bicyclic) bond motifs is 1. The summed E-state index contributed by atoms with van der Waals surface area (Å²) in [5.41, 5.74) is 4.33. The van der Waals surface area contributed by atoms with Crippen molar-refractivity contribution in [2.24, 2.45) is 0 Å². The zero-order chi connectivity index (χ0) is 13.2. The molecule has 1 N–H and O–H groups in total. The van der Waals surface area contributed by atoms with Gasteiger partial charge in [0.2, 0.25) is 0 Å². The van der Waals surface area contributed by atoms with Crippen molar-refractivity contribution in [3.05, 3.63) is 65.0 Å². The molecule has 0 radical (unpaired) electrons. The minimum atomic E-state index is -0.144. The van der Waals surface area contributed by atoms with Crippen molar-refractivity contribution in [2.45, 2.75) is 32.2 Å². The summed E-state index contributed by atoms with van der Waals surface area (Å²) in [6.07, 6.45) is 3.44. The van der Waals surface area contributed by atoms with Gasteiger partial charge in [-0.3, -0.25) is 0 Å². The molecule has 1 aliphatic rings. The highest BCUT2D eigenvalue weighted by Crippen LogP contribution is 2.32. The Labute approximate surface area is 113 Å². The van der Waals surface area contributed by atoms with Crippen LogP contribution in [0.2, 0.25) is 0 Å². The fourth-order valence-corrected chi connectivity index (χ4v) is 2.79. The maximum absolute atomic E-state index is 13.6. The van der Waals surface area contributed by atoms with Crippen LogP contribution in [0.5, 0.6) is 0 Å². The van der Waals surface area contributed by atoms with Crippen LogP contribution >= 0.6 is 0 Å². The van der Waals surface area contributed by atoms with Gasteiger partial charge < -0.3 is 5.32 Å². The number of benzene rings is 2. The molecule has 0 fully saturated rings. The molecule has 0 saturated carbocycles. The Balaban J connectivity index is 1.86. The molecule has 0 spiro atoms. The van der Waals surface area contributed by atoms with Crippen molar-refractivity contribution < 1.29 is 4.39 Å². The minimum Gasteiger partial charge on any atom is -0.378 e. The van der Waals surface area contributed by atoms with Gasteiger partial charge in [0, 0.05) is 5.69 Å². The van der Waals surface area contributed by atoms with Gasteiger partial charge >= 0.3 is 0 Å². The number of nitrogens with one attached hydrogen (secondary N) is 1. The minimum absolute atomic E-state index is 0.144. The van der Waals surface area contributed by atoms with Crippen molar-refractivity contribution in [1.29, 1.82) is 0 Å². The van der Waals surface area contributed by atoms with Crippen LogP contribution in [0.15, 0.2) is 42.5 Å². The van der Waals surface area contributed by atoms with Crippen LogP contribution in [0, 0.1) is 12.7 Å². The van der Waals surface area contributed by atoms with Crippen LogP contribution in [0.25, 0.3) is 0 Å². The zero-order valence-electron chi connectivity index (χ0n) is 11.1. The van der Waals surface area contributed by atoms with Gasteiger partial charge in [0.05, 0.1) is 6.04 Å². The van der Waals surface area contributed by atoms with Crippen LogP contribution < -0.4 is 5.32 Å². The van der Waals surface area contributed by atoms with Crippen LogP contribution in [-0.2, 0) is 6.42 Å². The maximum atomic E-state index is 13.6. The van der Waals surface area contributed by atoms with Gasteiger partial charge in [0.25, 0.3) is 0 Å². The van der Waals surface area contributed by atoms with Gasteiger partial charge in [0.15, 0.2) is 0 Å². The average Bonchev–Trinajstić information content (AvgIpc) is 2.43. The van der Waals surface area contributed by atoms with E-state index in [1.807, 2.05) is 12.1 Å². The van der Waals surface area contributed by atoms with Gasteiger partial charge in [-0.2, -0.15) is 0 Å². The van der Waals surface area contributed by atoms with Gasteiger partial charge in [0.1, 0.15) is 5.82 Å². The topological polar surface area (TPSA) is 12.0 Å².